The van der Waals surface area contributed by atoms with Gasteiger partial charge in [0.2, 0.25) is 6.29 Å². The number of hydrogen-bond donors (Lipinski definition) is 0. The van der Waals surface area contributed by atoms with Gasteiger partial charge in [-0.3, -0.25) is 9.59 Å². The summed E-state index contributed by atoms with van der Waals surface area (Å²) in [5, 5.41) is 0. The molecule has 0 bridgehead atoms. The van der Waals surface area contributed by atoms with E-state index in [1.807, 2.05) is 6.92 Å². The van der Waals surface area contributed by atoms with Crippen LogP contribution in [0, 0.1) is 5.92 Å². The summed E-state index contributed by atoms with van der Waals surface area (Å²) in [6, 6.07) is 0. The fourth-order valence-corrected chi connectivity index (χ4v) is 0.828. The fourth-order valence-electron chi connectivity index (χ4n) is 0.828. The lowest BCUT2D eigenvalue weighted by Gasteiger charge is -2.17. The van der Waals surface area contributed by atoms with Crippen molar-refractivity contribution in [3.63, 3.8) is 0 Å². The summed E-state index contributed by atoms with van der Waals surface area (Å²) >= 11 is 0. The average molecular weight is 202 g/mol. The van der Waals surface area contributed by atoms with Crippen molar-refractivity contribution in [2.75, 3.05) is 0 Å². The standard InChI is InChI=1S/C10H18O4/c1-5-6-9(13-8(4)11)14-10(12)7(2)3/h7,9H,5-6H2,1-4H3. The molecule has 0 amide bonds. The summed E-state index contributed by atoms with van der Waals surface area (Å²) in [5.74, 6) is -0.977. The van der Waals surface area contributed by atoms with Crippen molar-refractivity contribution in [1.82, 2.24) is 0 Å². The van der Waals surface area contributed by atoms with Gasteiger partial charge in [-0.15, -0.1) is 0 Å². The lowest BCUT2D eigenvalue weighted by Crippen LogP contribution is -2.25. The Hall–Kier alpha value is -1.06. The van der Waals surface area contributed by atoms with Gasteiger partial charge in [0.15, 0.2) is 0 Å². The van der Waals surface area contributed by atoms with Gasteiger partial charge < -0.3 is 9.47 Å². The molecule has 0 aromatic heterocycles. The topological polar surface area (TPSA) is 52.6 Å². The molecule has 0 aromatic carbocycles. The Balaban J connectivity index is 4.08. The normalized spacial score (nSPS) is 12.4. The molecular weight excluding hydrogens is 184 g/mol. The van der Waals surface area contributed by atoms with E-state index >= 15 is 0 Å². The Morgan fingerprint density at radius 1 is 1.21 bits per heavy atom. The molecule has 0 radical (unpaired) electrons. The Morgan fingerprint density at radius 3 is 2.14 bits per heavy atom. The average Bonchev–Trinajstić information content (AvgIpc) is 2.02. The maximum Gasteiger partial charge on any atom is 0.311 e. The first-order chi connectivity index (χ1) is 6.47. The quantitative estimate of drug-likeness (QED) is 0.504. The maximum absolute atomic E-state index is 11.2. The Kier molecular flexibility index (Phi) is 5.92. The maximum atomic E-state index is 11.2. The van der Waals surface area contributed by atoms with Crippen LogP contribution in [0.15, 0.2) is 0 Å². The zero-order chi connectivity index (χ0) is 11.1. The molecule has 82 valence electrons. The molecule has 0 aliphatic heterocycles. The van der Waals surface area contributed by atoms with Crippen molar-refractivity contribution in [1.29, 1.82) is 0 Å². The van der Waals surface area contributed by atoms with Crippen molar-refractivity contribution >= 4 is 11.9 Å². The van der Waals surface area contributed by atoms with Gasteiger partial charge in [0.05, 0.1) is 5.92 Å². The minimum atomic E-state index is -0.729. The van der Waals surface area contributed by atoms with E-state index in [9.17, 15) is 9.59 Å². The minimum Gasteiger partial charge on any atom is -0.425 e. The smallest absolute Gasteiger partial charge is 0.311 e. The number of carbonyl (C=O) groups is 2. The second kappa shape index (κ2) is 6.40. The van der Waals surface area contributed by atoms with E-state index in [0.29, 0.717) is 6.42 Å². The number of esters is 2. The van der Waals surface area contributed by atoms with Gasteiger partial charge in [0, 0.05) is 13.3 Å². The summed E-state index contributed by atoms with van der Waals surface area (Å²) in [5.41, 5.74) is 0. The first-order valence-corrected chi connectivity index (χ1v) is 4.85. The molecule has 1 atom stereocenters. The third-order valence-corrected chi connectivity index (χ3v) is 1.54. The van der Waals surface area contributed by atoms with Gasteiger partial charge in [-0.2, -0.15) is 0 Å². The van der Waals surface area contributed by atoms with Crippen molar-refractivity contribution in [2.45, 2.75) is 46.8 Å². The van der Waals surface area contributed by atoms with E-state index < -0.39 is 12.3 Å². The Morgan fingerprint density at radius 2 is 1.79 bits per heavy atom. The van der Waals surface area contributed by atoms with Crippen molar-refractivity contribution in [3.8, 4) is 0 Å². The van der Waals surface area contributed by atoms with E-state index in [4.69, 9.17) is 9.47 Å². The molecule has 0 aliphatic carbocycles. The summed E-state index contributed by atoms with van der Waals surface area (Å²) in [4.78, 5) is 21.9. The molecule has 0 N–H and O–H groups in total. The molecule has 0 spiro atoms. The highest BCUT2D eigenvalue weighted by Crippen LogP contribution is 2.08. The number of hydrogen-bond acceptors (Lipinski definition) is 4. The van der Waals surface area contributed by atoms with E-state index in [2.05, 4.69) is 0 Å². The van der Waals surface area contributed by atoms with Crippen molar-refractivity contribution in [2.24, 2.45) is 5.92 Å². The van der Waals surface area contributed by atoms with Crippen LogP contribution < -0.4 is 0 Å². The Bertz CT molecular complexity index is 198. The molecule has 1 unspecified atom stereocenters. The van der Waals surface area contributed by atoms with Crippen molar-refractivity contribution < 1.29 is 19.1 Å². The van der Waals surface area contributed by atoms with Crippen LogP contribution in [-0.2, 0) is 19.1 Å². The van der Waals surface area contributed by atoms with Gasteiger partial charge in [-0.25, -0.2) is 0 Å². The first kappa shape index (κ1) is 12.9. The highest BCUT2D eigenvalue weighted by atomic mass is 16.7. The third kappa shape index (κ3) is 5.56. The molecule has 0 heterocycles. The molecule has 4 heteroatoms. The van der Waals surface area contributed by atoms with E-state index in [1.54, 1.807) is 13.8 Å². The van der Waals surface area contributed by atoms with Gasteiger partial charge in [-0.05, 0) is 6.42 Å². The summed E-state index contributed by atoms with van der Waals surface area (Å²) in [6.45, 7) is 6.70. The van der Waals surface area contributed by atoms with Gasteiger partial charge in [-0.1, -0.05) is 20.8 Å². The predicted octanol–water partition coefficient (Wildman–Crippen LogP) is 1.87. The lowest BCUT2D eigenvalue weighted by molar-refractivity contribution is -0.189. The van der Waals surface area contributed by atoms with Crippen LogP contribution >= 0.6 is 0 Å². The zero-order valence-electron chi connectivity index (χ0n) is 9.20. The molecule has 0 saturated carbocycles. The van der Waals surface area contributed by atoms with Crippen LogP contribution in [0.2, 0.25) is 0 Å². The van der Waals surface area contributed by atoms with Gasteiger partial charge >= 0.3 is 11.9 Å². The Labute approximate surface area is 84.6 Å². The summed E-state index contributed by atoms with van der Waals surface area (Å²) in [6.07, 6.45) is 0.605. The molecule has 14 heavy (non-hydrogen) atoms. The highest BCUT2D eigenvalue weighted by Gasteiger charge is 2.18. The molecule has 0 saturated heterocycles. The van der Waals surface area contributed by atoms with Crippen LogP contribution in [0.5, 0.6) is 0 Å². The minimum absolute atomic E-state index is 0.204. The highest BCUT2D eigenvalue weighted by molar-refractivity contribution is 5.72. The lowest BCUT2D eigenvalue weighted by atomic mass is 10.2. The SMILES string of the molecule is CCCC(OC(C)=O)OC(=O)C(C)C. The van der Waals surface area contributed by atoms with E-state index in [0.717, 1.165) is 6.42 Å². The first-order valence-electron chi connectivity index (χ1n) is 4.85. The second-order valence-electron chi connectivity index (χ2n) is 3.42. The van der Waals surface area contributed by atoms with Crippen LogP contribution in [-0.4, -0.2) is 18.2 Å². The third-order valence-electron chi connectivity index (χ3n) is 1.54. The zero-order valence-corrected chi connectivity index (χ0v) is 9.20. The van der Waals surface area contributed by atoms with Crippen LogP contribution in [0.4, 0.5) is 0 Å². The van der Waals surface area contributed by atoms with E-state index in [-0.39, 0.29) is 11.9 Å². The van der Waals surface area contributed by atoms with Gasteiger partial charge in [0.1, 0.15) is 0 Å². The largest absolute Gasteiger partial charge is 0.425 e. The van der Waals surface area contributed by atoms with Crippen LogP contribution in [0.1, 0.15) is 40.5 Å². The predicted molar refractivity (Wildman–Crippen MR) is 51.4 cm³/mol. The van der Waals surface area contributed by atoms with Gasteiger partial charge in [0.25, 0.3) is 0 Å². The monoisotopic (exact) mass is 202 g/mol. The molecule has 0 rings (SSSR count). The van der Waals surface area contributed by atoms with E-state index in [1.165, 1.54) is 6.92 Å². The molecule has 4 nitrogen and oxygen atoms in total. The molecular formula is C10H18O4. The number of ether oxygens (including phenoxy) is 2. The van der Waals surface area contributed by atoms with Crippen LogP contribution in [0.25, 0.3) is 0 Å². The van der Waals surface area contributed by atoms with Crippen LogP contribution in [0.3, 0.4) is 0 Å². The molecule has 0 aliphatic rings. The molecule has 0 fully saturated rings. The second-order valence-corrected chi connectivity index (χ2v) is 3.42. The number of rotatable bonds is 5. The molecule has 0 aromatic rings. The fraction of sp³-hybridized carbons (Fsp3) is 0.800. The van der Waals surface area contributed by atoms with Crippen molar-refractivity contribution in [3.05, 3.63) is 0 Å². The number of carbonyl (C=O) groups excluding carboxylic acids is 2. The summed E-state index contributed by atoms with van der Waals surface area (Å²) < 4.78 is 9.81. The summed E-state index contributed by atoms with van der Waals surface area (Å²) in [7, 11) is 0.